The summed E-state index contributed by atoms with van der Waals surface area (Å²) in [5, 5.41) is 10.8. The van der Waals surface area contributed by atoms with Gasteiger partial charge in [-0.1, -0.05) is 35.9 Å². The van der Waals surface area contributed by atoms with Gasteiger partial charge < -0.3 is 5.11 Å². The van der Waals surface area contributed by atoms with Crippen molar-refractivity contribution in [1.29, 1.82) is 0 Å². The van der Waals surface area contributed by atoms with Gasteiger partial charge in [-0.2, -0.15) is 12.8 Å². The van der Waals surface area contributed by atoms with Gasteiger partial charge in [0.1, 0.15) is 0 Å². The number of nitrogens with zero attached hydrogens (tertiary/aromatic N) is 1. The number of aryl methyl sites for hydroxylation is 1. The first kappa shape index (κ1) is 13.3. The van der Waals surface area contributed by atoms with E-state index in [1.807, 2.05) is 6.92 Å². The van der Waals surface area contributed by atoms with E-state index in [2.05, 4.69) is 4.40 Å². The van der Waals surface area contributed by atoms with E-state index in [1.54, 1.807) is 24.3 Å². The Balaban J connectivity index is 2.44. The molecule has 0 fully saturated rings. The van der Waals surface area contributed by atoms with Crippen LogP contribution >= 0.6 is 0 Å². The van der Waals surface area contributed by atoms with Gasteiger partial charge in [0.15, 0.2) is 0 Å². The second kappa shape index (κ2) is 5.24. The minimum absolute atomic E-state index is 0.110. The zero-order valence-corrected chi connectivity index (χ0v) is 11.1. The summed E-state index contributed by atoms with van der Waals surface area (Å²) in [4.78, 5) is 0.110. The number of rotatable bonds is 2. The molecule has 0 amide bonds. The molecular formula is C14H12NO3S-. The molecule has 2 rings (SSSR count). The SMILES string of the molecule is Cc1ccc(S(=O)(=O)N=C2C=CC=CC2=C[O-])cc1. The van der Waals surface area contributed by atoms with Crippen molar-refractivity contribution >= 4 is 15.7 Å². The normalized spacial score (nSPS) is 19.2. The molecule has 0 bridgehead atoms. The minimum atomic E-state index is -3.80. The Hall–Kier alpha value is -2.14. The summed E-state index contributed by atoms with van der Waals surface area (Å²) in [5.74, 6) is 0. The first-order valence-corrected chi connectivity index (χ1v) is 7.06. The van der Waals surface area contributed by atoms with Crippen molar-refractivity contribution in [2.45, 2.75) is 11.8 Å². The van der Waals surface area contributed by atoms with Crippen LogP contribution in [-0.4, -0.2) is 14.1 Å². The fourth-order valence-corrected chi connectivity index (χ4v) is 2.57. The van der Waals surface area contributed by atoms with Crippen molar-refractivity contribution < 1.29 is 13.5 Å². The fraction of sp³-hybridized carbons (Fsp3) is 0.0714. The second-order valence-electron chi connectivity index (χ2n) is 4.06. The highest BCUT2D eigenvalue weighted by molar-refractivity contribution is 7.90. The molecule has 1 aliphatic carbocycles. The maximum atomic E-state index is 12.1. The number of benzene rings is 1. The lowest BCUT2D eigenvalue weighted by Crippen LogP contribution is -2.08. The Bertz CT molecular complexity index is 693. The lowest BCUT2D eigenvalue weighted by molar-refractivity contribution is -0.275. The van der Waals surface area contributed by atoms with Crippen LogP contribution in [0.5, 0.6) is 0 Å². The maximum Gasteiger partial charge on any atom is 0.282 e. The van der Waals surface area contributed by atoms with Crippen molar-refractivity contribution in [2.75, 3.05) is 0 Å². The lowest BCUT2D eigenvalue weighted by atomic mass is 10.1. The lowest BCUT2D eigenvalue weighted by Gasteiger charge is -2.09. The maximum absolute atomic E-state index is 12.1. The van der Waals surface area contributed by atoms with E-state index in [4.69, 9.17) is 0 Å². The minimum Gasteiger partial charge on any atom is -0.877 e. The van der Waals surface area contributed by atoms with Crippen LogP contribution in [0, 0.1) is 6.92 Å². The molecule has 1 aromatic carbocycles. The number of allylic oxidation sites excluding steroid dienone is 5. The van der Waals surface area contributed by atoms with Crippen molar-refractivity contribution in [2.24, 2.45) is 4.40 Å². The third-order valence-corrected chi connectivity index (χ3v) is 3.91. The number of sulfonamides is 1. The van der Waals surface area contributed by atoms with Gasteiger partial charge in [-0.25, -0.2) is 0 Å². The Labute approximate surface area is 112 Å². The summed E-state index contributed by atoms with van der Waals surface area (Å²) in [6.07, 6.45) is 6.90. The molecule has 0 saturated carbocycles. The Kier molecular flexibility index (Phi) is 3.66. The fourth-order valence-electron chi connectivity index (χ4n) is 1.56. The molecule has 19 heavy (non-hydrogen) atoms. The van der Waals surface area contributed by atoms with Gasteiger partial charge in [0.05, 0.1) is 10.6 Å². The van der Waals surface area contributed by atoms with Gasteiger partial charge in [-0.15, -0.1) is 6.26 Å². The smallest absolute Gasteiger partial charge is 0.282 e. The van der Waals surface area contributed by atoms with Crippen molar-refractivity contribution in [1.82, 2.24) is 0 Å². The van der Waals surface area contributed by atoms with Crippen molar-refractivity contribution in [3.8, 4) is 0 Å². The van der Waals surface area contributed by atoms with Gasteiger partial charge in [-0.3, -0.25) is 0 Å². The zero-order valence-electron chi connectivity index (χ0n) is 10.3. The van der Waals surface area contributed by atoms with Crippen LogP contribution in [0.4, 0.5) is 0 Å². The largest absolute Gasteiger partial charge is 0.877 e. The molecule has 0 aromatic heterocycles. The molecule has 1 aromatic rings. The van der Waals surface area contributed by atoms with Crippen LogP contribution in [0.25, 0.3) is 0 Å². The average molecular weight is 274 g/mol. The number of hydrogen-bond acceptors (Lipinski definition) is 3. The predicted molar refractivity (Wildman–Crippen MR) is 72.2 cm³/mol. The van der Waals surface area contributed by atoms with Crippen LogP contribution in [0.1, 0.15) is 5.56 Å². The summed E-state index contributed by atoms with van der Waals surface area (Å²) < 4.78 is 27.9. The third-order valence-electron chi connectivity index (χ3n) is 2.60. The number of hydrogen-bond donors (Lipinski definition) is 0. The first-order valence-electron chi connectivity index (χ1n) is 5.62. The van der Waals surface area contributed by atoms with Gasteiger partial charge in [0.25, 0.3) is 10.0 Å². The van der Waals surface area contributed by atoms with Crippen LogP contribution in [-0.2, 0) is 10.0 Å². The van der Waals surface area contributed by atoms with Gasteiger partial charge >= 0.3 is 0 Å². The molecule has 0 aliphatic heterocycles. The molecule has 1 aliphatic rings. The summed E-state index contributed by atoms with van der Waals surface area (Å²) in [6, 6.07) is 6.40. The Morgan fingerprint density at radius 1 is 1.11 bits per heavy atom. The molecule has 0 spiro atoms. The quantitative estimate of drug-likeness (QED) is 0.767. The van der Waals surface area contributed by atoms with E-state index in [0.717, 1.165) is 5.56 Å². The monoisotopic (exact) mass is 274 g/mol. The molecule has 0 unspecified atom stereocenters. The predicted octanol–water partition coefficient (Wildman–Crippen LogP) is 1.49. The van der Waals surface area contributed by atoms with Crippen LogP contribution in [0.2, 0.25) is 0 Å². The van der Waals surface area contributed by atoms with E-state index in [-0.39, 0.29) is 16.2 Å². The van der Waals surface area contributed by atoms with E-state index in [1.165, 1.54) is 24.3 Å². The molecule has 0 N–H and O–H groups in total. The van der Waals surface area contributed by atoms with Gasteiger partial charge in [0, 0.05) is 0 Å². The highest BCUT2D eigenvalue weighted by Crippen LogP contribution is 2.16. The first-order chi connectivity index (χ1) is 9.03. The Morgan fingerprint density at radius 3 is 2.37 bits per heavy atom. The molecule has 5 heteroatoms. The highest BCUT2D eigenvalue weighted by atomic mass is 32.2. The molecule has 0 radical (unpaired) electrons. The van der Waals surface area contributed by atoms with Crippen LogP contribution in [0.15, 0.2) is 69.7 Å². The summed E-state index contributed by atoms with van der Waals surface area (Å²) in [7, 11) is -3.80. The highest BCUT2D eigenvalue weighted by Gasteiger charge is 2.14. The molecule has 0 atom stereocenters. The van der Waals surface area contributed by atoms with Gasteiger partial charge in [0.2, 0.25) is 0 Å². The molecule has 0 heterocycles. The van der Waals surface area contributed by atoms with Crippen LogP contribution in [0.3, 0.4) is 0 Å². The zero-order chi connectivity index (χ0) is 13.9. The van der Waals surface area contributed by atoms with Crippen molar-refractivity contribution in [3.05, 3.63) is 66.0 Å². The molecule has 98 valence electrons. The third kappa shape index (κ3) is 3.00. The topological polar surface area (TPSA) is 69.6 Å². The standard InChI is InChI=1S/C14H13NO3S/c1-11-6-8-13(9-7-11)19(17,18)15-14-5-3-2-4-12(14)10-16/h2-10,16H,1H3/p-1. The Morgan fingerprint density at radius 2 is 1.74 bits per heavy atom. The van der Waals surface area contributed by atoms with Crippen molar-refractivity contribution in [3.63, 3.8) is 0 Å². The molecular weight excluding hydrogens is 262 g/mol. The average Bonchev–Trinajstić information content (AvgIpc) is 2.39. The molecule has 0 saturated heterocycles. The second-order valence-corrected chi connectivity index (χ2v) is 5.66. The van der Waals surface area contributed by atoms with E-state index >= 15 is 0 Å². The van der Waals surface area contributed by atoms with E-state index in [9.17, 15) is 13.5 Å². The summed E-state index contributed by atoms with van der Waals surface area (Å²) in [6.45, 7) is 1.87. The van der Waals surface area contributed by atoms with Crippen LogP contribution < -0.4 is 5.11 Å². The van der Waals surface area contributed by atoms with E-state index in [0.29, 0.717) is 6.26 Å². The summed E-state index contributed by atoms with van der Waals surface area (Å²) >= 11 is 0. The summed E-state index contributed by atoms with van der Waals surface area (Å²) in [5.41, 5.74) is 1.36. The van der Waals surface area contributed by atoms with E-state index < -0.39 is 10.0 Å². The molecule has 4 nitrogen and oxygen atoms in total. The van der Waals surface area contributed by atoms with Gasteiger partial charge in [-0.05, 0) is 30.7 Å².